The highest BCUT2D eigenvalue weighted by Gasteiger charge is 2.32. The molecule has 0 spiro atoms. The van der Waals surface area contributed by atoms with Crippen molar-refractivity contribution in [1.82, 2.24) is 0 Å². The molecule has 0 N–H and O–H groups in total. The molecule has 7 heteroatoms. The highest BCUT2D eigenvalue weighted by atomic mass is 19.4. The summed E-state index contributed by atoms with van der Waals surface area (Å²) in [5.41, 5.74) is 1.99. The Balaban J connectivity index is 1.71. The number of benzene rings is 4. The minimum absolute atomic E-state index is 0.131. The topological polar surface area (TPSA) is 9.23 Å². The van der Waals surface area contributed by atoms with Gasteiger partial charge in [0, 0.05) is 5.39 Å². The van der Waals surface area contributed by atoms with Crippen LogP contribution in [0.3, 0.4) is 0 Å². The summed E-state index contributed by atoms with van der Waals surface area (Å²) in [6.45, 7) is 2.06. The average molecular weight is 460 g/mol. The lowest BCUT2D eigenvalue weighted by Gasteiger charge is -2.13. The van der Waals surface area contributed by atoms with Gasteiger partial charge in [-0.1, -0.05) is 55.8 Å². The summed E-state index contributed by atoms with van der Waals surface area (Å²) < 4.78 is 85.3. The van der Waals surface area contributed by atoms with Gasteiger partial charge >= 0.3 is 6.36 Å². The molecule has 0 aliphatic carbocycles. The minimum atomic E-state index is -5.04. The van der Waals surface area contributed by atoms with E-state index >= 15 is 0 Å². The molecule has 0 aromatic heterocycles. The number of ether oxygens (including phenoxy) is 1. The molecule has 1 nitrogen and oxygen atoms in total. The lowest BCUT2D eigenvalue weighted by Crippen LogP contribution is -2.18. The third kappa shape index (κ3) is 4.82. The van der Waals surface area contributed by atoms with Gasteiger partial charge in [-0.15, -0.1) is 13.2 Å². The van der Waals surface area contributed by atoms with Crippen LogP contribution in [0.2, 0.25) is 0 Å². The van der Waals surface area contributed by atoms with E-state index in [0.717, 1.165) is 24.5 Å². The van der Waals surface area contributed by atoms with Crippen LogP contribution in [-0.2, 0) is 6.42 Å². The highest BCUT2D eigenvalue weighted by Crippen LogP contribution is 2.36. The van der Waals surface area contributed by atoms with Crippen molar-refractivity contribution in [1.29, 1.82) is 0 Å². The summed E-state index contributed by atoms with van der Waals surface area (Å²) >= 11 is 0. The molecule has 0 fully saturated rings. The molecule has 4 aromatic rings. The molecular formula is C26H18F6O. The molecule has 0 heterocycles. The largest absolute Gasteiger partial charge is 0.573 e. The maximum absolute atomic E-state index is 15.0. The average Bonchev–Trinajstić information content (AvgIpc) is 2.75. The molecular weight excluding hydrogens is 442 g/mol. The van der Waals surface area contributed by atoms with E-state index in [1.54, 1.807) is 12.1 Å². The summed E-state index contributed by atoms with van der Waals surface area (Å²) in [5, 5.41) is 0.0130. The predicted molar refractivity (Wildman–Crippen MR) is 115 cm³/mol. The van der Waals surface area contributed by atoms with E-state index in [2.05, 4.69) is 11.7 Å². The summed E-state index contributed by atoms with van der Waals surface area (Å²) in [4.78, 5) is 0. The van der Waals surface area contributed by atoms with Crippen LogP contribution in [0.1, 0.15) is 18.9 Å². The molecule has 4 aromatic carbocycles. The fourth-order valence-corrected chi connectivity index (χ4v) is 3.80. The van der Waals surface area contributed by atoms with Gasteiger partial charge in [0.2, 0.25) is 0 Å². The maximum atomic E-state index is 15.0. The molecule has 0 aliphatic heterocycles. The second kappa shape index (κ2) is 8.81. The molecule has 170 valence electrons. The van der Waals surface area contributed by atoms with Gasteiger partial charge in [-0.3, -0.25) is 0 Å². The zero-order valence-electron chi connectivity index (χ0n) is 17.4. The van der Waals surface area contributed by atoms with E-state index in [1.807, 2.05) is 12.1 Å². The van der Waals surface area contributed by atoms with Gasteiger partial charge in [-0.05, 0) is 58.3 Å². The number of hydrogen-bond donors (Lipinski definition) is 0. The van der Waals surface area contributed by atoms with Crippen LogP contribution in [0.15, 0.2) is 66.7 Å². The Labute approximate surface area is 186 Å². The van der Waals surface area contributed by atoms with E-state index in [9.17, 15) is 26.3 Å². The molecule has 33 heavy (non-hydrogen) atoms. The van der Waals surface area contributed by atoms with E-state index in [-0.39, 0.29) is 21.9 Å². The third-order valence-corrected chi connectivity index (χ3v) is 5.30. The van der Waals surface area contributed by atoms with Gasteiger partial charge in [-0.2, -0.15) is 0 Å². The number of halogens is 6. The van der Waals surface area contributed by atoms with Gasteiger partial charge in [0.25, 0.3) is 0 Å². The van der Waals surface area contributed by atoms with Crippen molar-refractivity contribution in [3.63, 3.8) is 0 Å². The van der Waals surface area contributed by atoms with Crippen molar-refractivity contribution in [2.24, 2.45) is 0 Å². The smallest absolute Gasteiger partial charge is 0.403 e. The molecule has 0 aliphatic rings. The Morgan fingerprint density at radius 1 is 0.727 bits per heavy atom. The number of aryl methyl sites for hydroxylation is 1. The zero-order valence-corrected chi connectivity index (χ0v) is 17.4. The van der Waals surface area contributed by atoms with Crippen LogP contribution in [0.4, 0.5) is 26.3 Å². The third-order valence-electron chi connectivity index (χ3n) is 5.30. The van der Waals surface area contributed by atoms with Crippen molar-refractivity contribution in [3.8, 4) is 28.0 Å². The highest BCUT2D eigenvalue weighted by molar-refractivity contribution is 5.89. The van der Waals surface area contributed by atoms with Gasteiger partial charge in [-0.25, -0.2) is 13.2 Å². The van der Waals surface area contributed by atoms with Gasteiger partial charge in [0.05, 0.1) is 5.56 Å². The Morgan fingerprint density at radius 3 is 1.97 bits per heavy atom. The van der Waals surface area contributed by atoms with Crippen LogP contribution in [0.5, 0.6) is 5.75 Å². The van der Waals surface area contributed by atoms with Gasteiger partial charge < -0.3 is 4.74 Å². The van der Waals surface area contributed by atoms with Crippen molar-refractivity contribution in [2.75, 3.05) is 0 Å². The van der Waals surface area contributed by atoms with Gasteiger partial charge in [0.15, 0.2) is 11.6 Å². The normalized spacial score (nSPS) is 11.7. The van der Waals surface area contributed by atoms with Crippen LogP contribution in [0, 0.1) is 17.5 Å². The minimum Gasteiger partial charge on any atom is -0.403 e. The maximum Gasteiger partial charge on any atom is 0.573 e. The van der Waals surface area contributed by atoms with Crippen molar-refractivity contribution < 1.29 is 31.1 Å². The van der Waals surface area contributed by atoms with Crippen molar-refractivity contribution in [3.05, 3.63) is 89.7 Å². The monoisotopic (exact) mass is 460 g/mol. The first-order valence-electron chi connectivity index (χ1n) is 10.2. The van der Waals surface area contributed by atoms with Crippen LogP contribution in [0.25, 0.3) is 33.0 Å². The number of hydrogen-bond acceptors (Lipinski definition) is 1. The van der Waals surface area contributed by atoms with E-state index in [1.165, 1.54) is 36.4 Å². The molecule has 0 bridgehead atoms. The molecule has 0 atom stereocenters. The van der Waals surface area contributed by atoms with Crippen LogP contribution < -0.4 is 4.74 Å². The second-order valence-electron chi connectivity index (χ2n) is 7.62. The Morgan fingerprint density at radius 2 is 1.36 bits per heavy atom. The number of alkyl halides is 3. The fourth-order valence-electron chi connectivity index (χ4n) is 3.80. The van der Waals surface area contributed by atoms with E-state index in [0.29, 0.717) is 11.1 Å². The summed E-state index contributed by atoms with van der Waals surface area (Å²) in [5.74, 6) is -3.80. The lowest BCUT2D eigenvalue weighted by molar-refractivity contribution is -0.275. The molecule has 0 unspecified atom stereocenters. The number of fused-ring (bicyclic) bond motifs is 1. The summed E-state index contributed by atoms with van der Waals surface area (Å²) in [7, 11) is 0. The Hall–Kier alpha value is -3.48. The standard InChI is InChI=1S/C26H18F6O/c1-2-3-15-4-6-16(7-5-15)19-13-21(27)24(22(28)14-19)18-8-10-20-17(12-18)9-11-23(25(20)29)33-26(30,31)32/h4-14H,2-3H2,1H3. The van der Waals surface area contributed by atoms with E-state index < -0.39 is 29.6 Å². The SMILES string of the molecule is CCCc1ccc(-c2cc(F)c(-c3ccc4c(F)c(OC(F)(F)F)ccc4c3)c(F)c2)cc1. The Bertz CT molecular complexity index is 1290. The predicted octanol–water partition coefficient (Wildman–Crippen LogP) is 8.44. The first kappa shape index (κ1) is 22.7. The zero-order chi connectivity index (χ0) is 23.8. The molecule has 4 rings (SSSR count). The first-order valence-corrected chi connectivity index (χ1v) is 10.2. The summed E-state index contributed by atoms with van der Waals surface area (Å²) in [6.07, 6.45) is -3.14. The first-order chi connectivity index (χ1) is 15.7. The molecule has 0 saturated heterocycles. The molecule has 0 saturated carbocycles. The molecule has 0 radical (unpaired) electrons. The van der Waals surface area contributed by atoms with Crippen LogP contribution >= 0.6 is 0 Å². The fraction of sp³-hybridized carbons (Fsp3) is 0.154. The second-order valence-corrected chi connectivity index (χ2v) is 7.62. The molecule has 0 amide bonds. The van der Waals surface area contributed by atoms with Crippen molar-refractivity contribution in [2.45, 2.75) is 26.1 Å². The number of rotatable bonds is 5. The quantitative estimate of drug-likeness (QED) is 0.272. The lowest BCUT2D eigenvalue weighted by atomic mass is 9.96. The Kier molecular flexibility index (Phi) is 6.06. The van der Waals surface area contributed by atoms with E-state index in [4.69, 9.17) is 0 Å². The summed E-state index contributed by atoms with van der Waals surface area (Å²) in [6, 6.07) is 15.6. The van der Waals surface area contributed by atoms with Crippen LogP contribution in [-0.4, -0.2) is 6.36 Å². The van der Waals surface area contributed by atoms with Gasteiger partial charge in [0.1, 0.15) is 11.6 Å². The van der Waals surface area contributed by atoms with Crippen molar-refractivity contribution >= 4 is 10.8 Å².